The van der Waals surface area contributed by atoms with E-state index in [1.54, 1.807) is 26.6 Å². The molecule has 8 heteroatoms. The van der Waals surface area contributed by atoms with E-state index >= 15 is 0 Å². The van der Waals surface area contributed by atoms with Crippen molar-refractivity contribution in [3.8, 4) is 11.5 Å². The van der Waals surface area contributed by atoms with E-state index in [9.17, 15) is 0 Å². The lowest BCUT2D eigenvalue weighted by atomic mass is 10.0. The Hall–Kier alpha value is -2.71. The monoisotopic (exact) mass is 382 g/mol. The highest BCUT2D eigenvalue weighted by atomic mass is 16.5. The van der Waals surface area contributed by atoms with Crippen molar-refractivity contribution in [3.63, 3.8) is 0 Å². The van der Waals surface area contributed by atoms with E-state index < -0.39 is 0 Å². The molecule has 0 bridgehead atoms. The van der Waals surface area contributed by atoms with Crippen molar-refractivity contribution in [3.05, 3.63) is 41.9 Å². The van der Waals surface area contributed by atoms with Crippen LogP contribution in [-0.2, 0) is 13.1 Å². The molecule has 148 valence electrons. The molecule has 0 aliphatic carbocycles. The molecule has 0 radical (unpaired) electrons. The largest absolute Gasteiger partial charge is 0.493 e. The van der Waals surface area contributed by atoms with E-state index in [1.165, 1.54) is 5.56 Å². The zero-order chi connectivity index (χ0) is 19.5. The topological polar surface area (TPSA) is 91.3 Å². The molecule has 0 saturated carbocycles. The minimum atomic E-state index is 0.346. The lowest BCUT2D eigenvalue weighted by Gasteiger charge is -2.17. The molecule has 1 saturated heterocycles. The molecule has 28 heavy (non-hydrogen) atoms. The summed E-state index contributed by atoms with van der Waals surface area (Å²) in [6, 6.07) is 6.09. The van der Waals surface area contributed by atoms with Crippen LogP contribution in [-0.4, -0.2) is 58.5 Å². The van der Waals surface area contributed by atoms with Crippen molar-refractivity contribution in [1.82, 2.24) is 24.6 Å². The van der Waals surface area contributed by atoms with Crippen LogP contribution in [0.4, 0.5) is 0 Å². The number of hydrogen-bond donors (Lipinski definition) is 1. The van der Waals surface area contributed by atoms with E-state index in [2.05, 4.69) is 20.9 Å². The van der Waals surface area contributed by atoms with Crippen LogP contribution in [0.25, 0.3) is 11.2 Å². The van der Waals surface area contributed by atoms with Crippen molar-refractivity contribution in [2.24, 2.45) is 5.73 Å². The fourth-order valence-electron chi connectivity index (χ4n) is 3.91. The minimum Gasteiger partial charge on any atom is -0.493 e. The highest BCUT2D eigenvalue weighted by Gasteiger charge is 2.29. The Morgan fingerprint density at radius 2 is 1.96 bits per heavy atom. The SMILES string of the molecule is COc1ccc(CN2CCC(c3nn(CCN)c4nccnc34)C2)cc1OC. The second kappa shape index (κ2) is 8.12. The van der Waals surface area contributed by atoms with Gasteiger partial charge in [0.15, 0.2) is 17.1 Å². The predicted molar refractivity (Wildman–Crippen MR) is 107 cm³/mol. The van der Waals surface area contributed by atoms with E-state index in [4.69, 9.17) is 20.3 Å². The molecule has 1 aliphatic rings. The molecule has 0 spiro atoms. The van der Waals surface area contributed by atoms with Gasteiger partial charge in [-0.05, 0) is 30.7 Å². The number of nitrogens with two attached hydrogens (primary N) is 1. The Bertz CT molecular complexity index is 957. The van der Waals surface area contributed by atoms with E-state index in [-0.39, 0.29) is 0 Å². The van der Waals surface area contributed by atoms with E-state index in [1.807, 2.05) is 16.8 Å². The first-order valence-corrected chi connectivity index (χ1v) is 9.54. The number of nitrogens with zero attached hydrogens (tertiary/aromatic N) is 5. The summed E-state index contributed by atoms with van der Waals surface area (Å²) in [6.45, 7) is 4.01. The van der Waals surface area contributed by atoms with Crippen molar-refractivity contribution >= 4 is 11.2 Å². The summed E-state index contributed by atoms with van der Waals surface area (Å²) in [4.78, 5) is 11.4. The fraction of sp³-hybridized carbons (Fsp3) is 0.450. The van der Waals surface area contributed by atoms with Crippen LogP contribution in [0.3, 0.4) is 0 Å². The molecule has 1 unspecified atom stereocenters. The van der Waals surface area contributed by atoms with Crippen LogP contribution >= 0.6 is 0 Å². The van der Waals surface area contributed by atoms with Gasteiger partial charge in [0.25, 0.3) is 0 Å². The molecular weight excluding hydrogens is 356 g/mol. The molecule has 3 heterocycles. The molecule has 1 aliphatic heterocycles. The Labute approximate surface area is 164 Å². The van der Waals surface area contributed by atoms with Crippen LogP contribution < -0.4 is 15.2 Å². The molecule has 1 atom stereocenters. The van der Waals surface area contributed by atoms with Crippen LogP contribution in [0, 0.1) is 0 Å². The third-order valence-electron chi connectivity index (χ3n) is 5.25. The Morgan fingerprint density at radius 3 is 2.75 bits per heavy atom. The average molecular weight is 382 g/mol. The summed E-state index contributed by atoms with van der Waals surface area (Å²) in [5.74, 6) is 1.86. The van der Waals surface area contributed by atoms with Gasteiger partial charge in [0.1, 0.15) is 5.52 Å². The van der Waals surface area contributed by atoms with Gasteiger partial charge in [-0.25, -0.2) is 14.6 Å². The number of benzene rings is 1. The molecule has 4 rings (SSSR count). The quantitative estimate of drug-likeness (QED) is 0.666. The molecule has 0 amide bonds. The van der Waals surface area contributed by atoms with Crippen LogP contribution in [0.2, 0.25) is 0 Å². The minimum absolute atomic E-state index is 0.346. The number of rotatable bonds is 7. The van der Waals surface area contributed by atoms with Gasteiger partial charge in [-0.2, -0.15) is 5.10 Å². The number of hydrogen-bond acceptors (Lipinski definition) is 7. The van der Waals surface area contributed by atoms with Gasteiger partial charge in [-0.1, -0.05) is 6.07 Å². The zero-order valence-corrected chi connectivity index (χ0v) is 16.3. The first-order valence-electron chi connectivity index (χ1n) is 9.54. The van der Waals surface area contributed by atoms with Gasteiger partial charge in [0, 0.05) is 37.9 Å². The lowest BCUT2D eigenvalue weighted by molar-refractivity contribution is 0.323. The first kappa shape index (κ1) is 18.6. The second-order valence-corrected chi connectivity index (χ2v) is 7.04. The predicted octanol–water partition coefficient (Wildman–Crippen LogP) is 1.79. The van der Waals surface area contributed by atoms with Crippen molar-refractivity contribution in [2.45, 2.75) is 25.4 Å². The first-order chi connectivity index (χ1) is 13.7. The summed E-state index contributed by atoms with van der Waals surface area (Å²) in [7, 11) is 3.32. The molecule has 2 aromatic heterocycles. The molecule has 1 aromatic carbocycles. The molecule has 1 fully saturated rings. The smallest absolute Gasteiger partial charge is 0.177 e. The van der Waals surface area contributed by atoms with Crippen LogP contribution in [0.5, 0.6) is 11.5 Å². The Kier molecular flexibility index (Phi) is 5.40. The summed E-state index contributed by atoms with van der Waals surface area (Å²) in [5, 5.41) is 4.80. The van der Waals surface area contributed by atoms with Gasteiger partial charge in [0.2, 0.25) is 0 Å². The lowest BCUT2D eigenvalue weighted by Crippen LogP contribution is -2.20. The normalized spacial score (nSPS) is 17.3. The number of aromatic nitrogens is 4. The van der Waals surface area contributed by atoms with Gasteiger partial charge in [-0.15, -0.1) is 0 Å². The van der Waals surface area contributed by atoms with E-state index in [0.717, 1.165) is 54.4 Å². The highest BCUT2D eigenvalue weighted by molar-refractivity contribution is 5.73. The summed E-state index contributed by atoms with van der Waals surface area (Å²) >= 11 is 0. The zero-order valence-electron chi connectivity index (χ0n) is 16.3. The maximum absolute atomic E-state index is 5.73. The third kappa shape index (κ3) is 3.53. The Balaban J connectivity index is 1.51. The van der Waals surface area contributed by atoms with Gasteiger partial charge < -0.3 is 15.2 Å². The van der Waals surface area contributed by atoms with Crippen LogP contribution in [0.1, 0.15) is 23.6 Å². The second-order valence-electron chi connectivity index (χ2n) is 7.04. The van der Waals surface area contributed by atoms with E-state index in [0.29, 0.717) is 19.0 Å². The van der Waals surface area contributed by atoms with Gasteiger partial charge in [-0.3, -0.25) is 4.90 Å². The fourth-order valence-corrected chi connectivity index (χ4v) is 3.91. The van der Waals surface area contributed by atoms with Gasteiger partial charge >= 0.3 is 0 Å². The third-order valence-corrected chi connectivity index (χ3v) is 5.25. The van der Waals surface area contributed by atoms with Crippen molar-refractivity contribution < 1.29 is 9.47 Å². The number of fused-ring (bicyclic) bond motifs is 1. The highest BCUT2D eigenvalue weighted by Crippen LogP contribution is 2.32. The standard InChI is InChI=1S/C20H26N6O2/c1-27-16-4-3-14(11-17(16)28-2)12-25-9-5-15(13-25)18-19-20(23-8-7-22-19)26(24-18)10-6-21/h3-4,7-8,11,15H,5-6,9-10,12-13,21H2,1-2H3. The Morgan fingerprint density at radius 1 is 1.14 bits per heavy atom. The summed E-state index contributed by atoms with van der Waals surface area (Å²) in [6.07, 6.45) is 4.49. The number of likely N-dealkylation sites (tertiary alicyclic amines) is 1. The molecular formula is C20H26N6O2. The van der Waals surface area contributed by atoms with Crippen LogP contribution in [0.15, 0.2) is 30.6 Å². The summed E-state index contributed by atoms with van der Waals surface area (Å²) < 4.78 is 12.6. The molecule has 3 aromatic rings. The molecule has 8 nitrogen and oxygen atoms in total. The molecule has 2 N–H and O–H groups in total. The maximum Gasteiger partial charge on any atom is 0.177 e. The van der Waals surface area contributed by atoms with Crippen molar-refractivity contribution in [1.29, 1.82) is 0 Å². The summed E-state index contributed by atoms with van der Waals surface area (Å²) in [5.41, 5.74) is 9.69. The average Bonchev–Trinajstić information content (AvgIpc) is 3.33. The van der Waals surface area contributed by atoms with Gasteiger partial charge in [0.05, 0.1) is 26.5 Å². The number of methoxy groups -OCH3 is 2. The number of ether oxygens (including phenoxy) is 2. The van der Waals surface area contributed by atoms with Crippen molar-refractivity contribution in [2.75, 3.05) is 33.9 Å². The maximum atomic E-state index is 5.73.